The highest BCUT2D eigenvalue weighted by Gasteiger charge is 2.24. The van der Waals surface area contributed by atoms with Gasteiger partial charge in [0.2, 0.25) is 0 Å². The molecule has 0 N–H and O–H groups in total. The maximum atomic E-state index is 12.6. The molecule has 0 bridgehead atoms. The Bertz CT molecular complexity index is 581. The Morgan fingerprint density at radius 1 is 1.33 bits per heavy atom. The number of ether oxygens (including phenoxy) is 1. The highest BCUT2D eigenvalue weighted by molar-refractivity contribution is 7.20. The number of amides is 1. The molecular formula is C17H21NO2S. The van der Waals surface area contributed by atoms with Crippen LogP contribution in [-0.4, -0.2) is 37.1 Å². The highest BCUT2D eigenvalue weighted by Crippen LogP contribution is 2.27. The molecule has 0 saturated carbocycles. The van der Waals surface area contributed by atoms with Crippen LogP contribution in [0.3, 0.4) is 0 Å². The van der Waals surface area contributed by atoms with Gasteiger partial charge in [-0.05, 0) is 43.2 Å². The van der Waals surface area contributed by atoms with Crippen LogP contribution in [0, 0.1) is 5.92 Å². The quantitative estimate of drug-likeness (QED) is 0.860. The second-order valence-corrected chi connectivity index (χ2v) is 6.63. The molecule has 3 rings (SSSR count). The lowest BCUT2D eigenvalue weighted by Crippen LogP contribution is -2.39. The summed E-state index contributed by atoms with van der Waals surface area (Å²) >= 11 is 1.60. The molecule has 4 heteroatoms. The van der Waals surface area contributed by atoms with E-state index in [0.29, 0.717) is 5.92 Å². The molecule has 1 aromatic carbocycles. The first-order valence-electron chi connectivity index (χ1n) is 7.63. The van der Waals surface area contributed by atoms with Gasteiger partial charge in [0.1, 0.15) is 0 Å². The van der Waals surface area contributed by atoms with Gasteiger partial charge in [0.25, 0.3) is 5.91 Å². The van der Waals surface area contributed by atoms with Gasteiger partial charge in [-0.25, -0.2) is 0 Å². The number of hydrogen-bond donors (Lipinski definition) is 0. The molecule has 112 valence electrons. The molecule has 1 amide bonds. The zero-order valence-electron chi connectivity index (χ0n) is 12.4. The molecule has 0 radical (unpaired) electrons. The number of fused-ring (bicyclic) bond motifs is 1. The van der Waals surface area contributed by atoms with Crippen LogP contribution in [0.2, 0.25) is 0 Å². The summed E-state index contributed by atoms with van der Waals surface area (Å²) in [5, 5.41) is 1.16. The third kappa shape index (κ3) is 3.27. The van der Waals surface area contributed by atoms with E-state index in [-0.39, 0.29) is 5.91 Å². The lowest BCUT2D eigenvalue weighted by Gasteiger charge is -2.31. The molecule has 1 fully saturated rings. The van der Waals surface area contributed by atoms with Gasteiger partial charge in [0.05, 0.1) is 4.88 Å². The fraction of sp³-hybridized carbons (Fsp3) is 0.471. The number of hydrogen-bond acceptors (Lipinski definition) is 3. The maximum absolute atomic E-state index is 12.6. The fourth-order valence-electron chi connectivity index (χ4n) is 2.83. The van der Waals surface area contributed by atoms with Crippen molar-refractivity contribution in [3.8, 4) is 0 Å². The van der Waals surface area contributed by atoms with Gasteiger partial charge >= 0.3 is 0 Å². The SMILES string of the molecule is CCOCC1CCN(C(=O)c2cc3ccccc3s2)CC1. The van der Waals surface area contributed by atoms with E-state index in [1.54, 1.807) is 11.3 Å². The molecule has 1 aromatic heterocycles. The van der Waals surface area contributed by atoms with Crippen LogP contribution < -0.4 is 0 Å². The van der Waals surface area contributed by atoms with Crippen molar-refractivity contribution < 1.29 is 9.53 Å². The van der Waals surface area contributed by atoms with Crippen molar-refractivity contribution in [2.45, 2.75) is 19.8 Å². The Kier molecular flexibility index (Phi) is 4.56. The molecule has 1 saturated heterocycles. The molecule has 1 aliphatic heterocycles. The zero-order valence-corrected chi connectivity index (χ0v) is 13.2. The molecule has 21 heavy (non-hydrogen) atoms. The first-order valence-corrected chi connectivity index (χ1v) is 8.45. The van der Waals surface area contributed by atoms with Crippen LogP contribution >= 0.6 is 11.3 Å². The third-order valence-corrected chi connectivity index (χ3v) is 5.20. The van der Waals surface area contributed by atoms with E-state index in [9.17, 15) is 4.79 Å². The van der Waals surface area contributed by atoms with E-state index < -0.39 is 0 Å². The molecule has 2 heterocycles. The second-order valence-electron chi connectivity index (χ2n) is 5.54. The number of thiophene rings is 1. The zero-order chi connectivity index (χ0) is 14.7. The van der Waals surface area contributed by atoms with Crippen molar-refractivity contribution in [2.75, 3.05) is 26.3 Å². The molecule has 0 atom stereocenters. The standard InChI is InChI=1S/C17H21NO2S/c1-2-20-12-13-7-9-18(10-8-13)17(19)16-11-14-5-3-4-6-15(14)21-16/h3-6,11,13H,2,7-10,12H2,1H3. The van der Waals surface area contributed by atoms with Gasteiger partial charge in [-0.2, -0.15) is 0 Å². The average molecular weight is 303 g/mol. The average Bonchev–Trinajstić information content (AvgIpc) is 2.96. The Morgan fingerprint density at radius 3 is 2.81 bits per heavy atom. The lowest BCUT2D eigenvalue weighted by atomic mass is 9.97. The molecule has 0 aliphatic carbocycles. The Balaban J connectivity index is 1.63. The number of nitrogens with zero attached hydrogens (tertiary/aromatic N) is 1. The van der Waals surface area contributed by atoms with Crippen LogP contribution in [0.15, 0.2) is 30.3 Å². The van der Waals surface area contributed by atoms with Crippen LogP contribution in [0.1, 0.15) is 29.4 Å². The summed E-state index contributed by atoms with van der Waals surface area (Å²) in [7, 11) is 0. The summed E-state index contributed by atoms with van der Waals surface area (Å²) in [6.07, 6.45) is 2.10. The van der Waals surface area contributed by atoms with Crippen LogP contribution in [0.5, 0.6) is 0 Å². The van der Waals surface area contributed by atoms with E-state index in [0.717, 1.165) is 49.4 Å². The summed E-state index contributed by atoms with van der Waals surface area (Å²) in [4.78, 5) is 15.4. The Hall–Kier alpha value is -1.39. The van der Waals surface area contributed by atoms with E-state index >= 15 is 0 Å². The van der Waals surface area contributed by atoms with Crippen molar-refractivity contribution in [3.05, 3.63) is 35.2 Å². The highest BCUT2D eigenvalue weighted by atomic mass is 32.1. The smallest absolute Gasteiger partial charge is 0.263 e. The third-order valence-electron chi connectivity index (χ3n) is 4.10. The molecule has 3 nitrogen and oxygen atoms in total. The van der Waals surface area contributed by atoms with Gasteiger partial charge in [0, 0.05) is 31.0 Å². The summed E-state index contributed by atoms with van der Waals surface area (Å²) < 4.78 is 6.68. The summed E-state index contributed by atoms with van der Waals surface area (Å²) in [5.41, 5.74) is 0. The first kappa shape index (κ1) is 14.5. The van der Waals surface area contributed by atoms with Crippen molar-refractivity contribution in [1.82, 2.24) is 4.90 Å². The predicted molar refractivity (Wildman–Crippen MR) is 86.9 cm³/mol. The van der Waals surface area contributed by atoms with Gasteiger partial charge in [-0.1, -0.05) is 18.2 Å². The monoisotopic (exact) mass is 303 g/mol. The molecule has 0 spiro atoms. The molecule has 0 unspecified atom stereocenters. The Labute approximate surface area is 129 Å². The number of piperidine rings is 1. The molecular weight excluding hydrogens is 282 g/mol. The van der Waals surface area contributed by atoms with Crippen molar-refractivity contribution in [3.63, 3.8) is 0 Å². The second kappa shape index (κ2) is 6.58. The number of benzene rings is 1. The van der Waals surface area contributed by atoms with Gasteiger partial charge < -0.3 is 9.64 Å². The largest absolute Gasteiger partial charge is 0.381 e. The summed E-state index contributed by atoms with van der Waals surface area (Å²) in [6, 6.07) is 10.2. The lowest BCUT2D eigenvalue weighted by molar-refractivity contribution is 0.0555. The molecule has 2 aromatic rings. The first-order chi connectivity index (χ1) is 10.3. The van der Waals surface area contributed by atoms with Gasteiger partial charge in [-0.3, -0.25) is 4.79 Å². The number of carbonyl (C=O) groups excluding carboxylic acids is 1. The van der Waals surface area contributed by atoms with E-state index in [2.05, 4.69) is 12.1 Å². The minimum atomic E-state index is 0.186. The number of carbonyl (C=O) groups is 1. The van der Waals surface area contributed by atoms with Crippen LogP contribution in [0.4, 0.5) is 0 Å². The summed E-state index contributed by atoms with van der Waals surface area (Å²) in [6.45, 7) is 5.35. The normalized spacial score (nSPS) is 16.5. The van der Waals surface area contributed by atoms with Crippen LogP contribution in [0.25, 0.3) is 10.1 Å². The minimum absolute atomic E-state index is 0.186. The van der Waals surface area contributed by atoms with Crippen molar-refractivity contribution >= 4 is 27.3 Å². The number of likely N-dealkylation sites (tertiary alicyclic amines) is 1. The fourth-order valence-corrected chi connectivity index (χ4v) is 3.86. The topological polar surface area (TPSA) is 29.5 Å². The van der Waals surface area contributed by atoms with Gasteiger partial charge in [0.15, 0.2) is 0 Å². The van der Waals surface area contributed by atoms with Crippen LogP contribution in [-0.2, 0) is 4.74 Å². The van der Waals surface area contributed by atoms with E-state index in [4.69, 9.17) is 4.74 Å². The van der Waals surface area contributed by atoms with E-state index in [1.807, 2.05) is 30.0 Å². The minimum Gasteiger partial charge on any atom is -0.381 e. The summed E-state index contributed by atoms with van der Waals surface area (Å²) in [5.74, 6) is 0.794. The maximum Gasteiger partial charge on any atom is 0.263 e. The molecule has 1 aliphatic rings. The van der Waals surface area contributed by atoms with Crippen molar-refractivity contribution in [2.24, 2.45) is 5.92 Å². The number of rotatable bonds is 4. The van der Waals surface area contributed by atoms with Gasteiger partial charge in [-0.15, -0.1) is 11.3 Å². The Morgan fingerprint density at radius 2 is 2.10 bits per heavy atom. The van der Waals surface area contributed by atoms with Crippen molar-refractivity contribution in [1.29, 1.82) is 0 Å². The van der Waals surface area contributed by atoms with E-state index in [1.165, 1.54) is 4.70 Å². The predicted octanol–water partition coefficient (Wildman–Crippen LogP) is 3.79.